The van der Waals surface area contributed by atoms with Crippen LogP contribution in [-0.2, 0) is 0 Å². The summed E-state index contributed by atoms with van der Waals surface area (Å²) in [6, 6.07) is 16.0. The van der Waals surface area contributed by atoms with E-state index in [4.69, 9.17) is 4.98 Å². The molecule has 0 bridgehead atoms. The lowest BCUT2D eigenvalue weighted by molar-refractivity contribution is 0.0946. The normalized spacial score (nSPS) is 15.0. The number of benzene rings is 1. The Morgan fingerprint density at radius 3 is 2.66 bits per heavy atom. The van der Waals surface area contributed by atoms with Crippen molar-refractivity contribution in [1.82, 2.24) is 20.2 Å². The minimum atomic E-state index is -0.0576. The minimum absolute atomic E-state index is 0.0576. The third kappa shape index (κ3) is 4.62. The average Bonchev–Trinajstić information content (AvgIpc) is 2.79. The summed E-state index contributed by atoms with van der Waals surface area (Å²) in [5.41, 5.74) is 2.94. The summed E-state index contributed by atoms with van der Waals surface area (Å²) >= 11 is 0. The Kier molecular flexibility index (Phi) is 6.15. The predicted molar refractivity (Wildman–Crippen MR) is 117 cm³/mol. The molecule has 5 heteroatoms. The number of carbonyl (C=O) groups is 1. The van der Waals surface area contributed by atoms with Crippen LogP contribution in [0.15, 0.2) is 54.7 Å². The lowest BCUT2D eigenvalue weighted by Crippen LogP contribution is -2.39. The fraction of sp³-hybridized carbons (Fsp3) is 0.375. The minimum Gasteiger partial charge on any atom is -0.351 e. The zero-order valence-corrected chi connectivity index (χ0v) is 17.0. The van der Waals surface area contributed by atoms with Crippen LogP contribution >= 0.6 is 0 Å². The van der Waals surface area contributed by atoms with Crippen LogP contribution in [0.25, 0.3) is 22.3 Å². The van der Waals surface area contributed by atoms with Crippen LogP contribution in [0.2, 0.25) is 0 Å². The van der Waals surface area contributed by atoms with E-state index in [1.165, 1.54) is 32.1 Å². The number of para-hydroxylation sites is 1. The van der Waals surface area contributed by atoms with Gasteiger partial charge in [0.25, 0.3) is 5.91 Å². The van der Waals surface area contributed by atoms with E-state index in [2.05, 4.69) is 22.2 Å². The molecule has 0 radical (unpaired) electrons. The highest BCUT2D eigenvalue weighted by Crippen LogP contribution is 2.24. The van der Waals surface area contributed by atoms with Crippen molar-refractivity contribution in [2.24, 2.45) is 0 Å². The summed E-state index contributed by atoms with van der Waals surface area (Å²) in [4.78, 5) is 24.5. The Morgan fingerprint density at radius 1 is 1.07 bits per heavy atom. The predicted octanol–water partition coefficient (Wildman–Crippen LogP) is 4.29. The number of fused-ring (bicyclic) bond motifs is 1. The van der Waals surface area contributed by atoms with Crippen molar-refractivity contribution in [3.05, 3.63) is 60.3 Å². The number of pyridine rings is 2. The number of nitrogens with zero attached hydrogens (tertiary/aromatic N) is 3. The Hall–Kier alpha value is -2.79. The van der Waals surface area contributed by atoms with E-state index in [-0.39, 0.29) is 5.91 Å². The highest BCUT2D eigenvalue weighted by atomic mass is 16.1. The van der Waals surface area contributed by atoms with E-state index in [1.54, 1.807) is 6.20 Å². The highest BCUT2D eigenvalue weighted by Gasteiger charge is 2.18. The molecule has 29 heavy (non-hydrogen) atoms. The van der Waals surface area contributed by atoms with Gasteiger partial charge in [0.15, 0.2) is 0 Å². The Balaban J connectivity index is 1.50. The second kappa shape index (κ2) is 9.14. The SMILES string of the molecule is CN(CCNC(=O)c1cc(-c2ccccn2)nc2ccccc12)C1CCCCC1. The van der Waals surface area contributed by atoms with Crippen molar-refractivity contribution in [2.45, 2.75) is 38.1 Å². The standard InChI is InChI=1S/C24H28N4O/c1-28(18-9-3-2-4-10-18)16-15-26-24(29)20-17-23(22-13-7-8-14-25-22)27-21-12-6-5-11-19(20)21/h5-8,11-14,17-18H,2-4,9-10,15-16H2,1H3,(H,26,29). The first kappa shape index (κ1) is 19.5. The molecule has 150 valence electrons. The Bertz CT molecular complexity index is 967. The zero-order chi connectivity index (χ0) is 20.1. The second-order valence-electron chi connectivity index (χ2n) is 7.82. The number of nitrogens with one attached hydrogen (secondary N) is 1. The number of rotatable bonds is 6. The summed E-state index contributed by atoms with van der Waals surface area (Å²) in [7, 11) is 2.17. The Labute approximate surface area is 172 Å². The summed E-state index contributed by atoms with van der Waals surface area (Å²) in [5, 5.41) is 3.98. The van der Waals surface area contributed by atoms with E-state index in [9.17, 15) is 4.79 Å². The van der Waals surface area contributed by atoms with E-state index >= 15 is 0 Å². The summed E-state index contributed by atoms with van der Waals surface area (Å²) in [5.74, 6) is -0.0576. The summed E-state index contributed by atoms with van der Waals surface area (Å²) in [6.45, 7) is 1.51. The van der Waals surface area contributed by atoms with Crippen molar-refractivity contribution in [1.29, 1.82) is 0 Å². The topological polar surface area (TPSA) is 58.1 Å². The van der Waals surface area contributed by atoms with Crippen LogP contribution in [0.1, 0.15) is 42.5 Å². The van der Waals surface area contributed by atoms with Crippen molar-refractivity contribution in [3.8, 4) is 11.4 Å². The first-order valence-electron chi connectivity index (χ1n) is 10.5. The van der Waals surface area contributed by atoms with Gasteiger partial charge in [0.2, 0.25) is 0 Å². The van der Waals surface area contributed by atoms with Gasteiger partial charge >= 0.3 is 0 Å². The van der Waals surface area contributed by atoms with Crippen LogP contribution in [0, 0.1) is 0 Å². The van der Waals surface area contributed by atoms with Gasteiger partial charge in [0.05, 0.1) is 22.5 Å². The van der Waals surface area contributed by atoms with E-state index in [0.29, 0.717) is 23.8 Å². The number of likely N-dealkylation sites (N-methyl/N-ethyl adjacent to an activating group) is 1. The molecule has 1 saturated carbocycles. The number of hydrogen-bond donors (Lipinski definition) is 1. The molecule has 3 aromatic rings. The molecule has 1 aliphatic carbocycles. The van der Waals surface area contributed by atoms with Gasteiger partial charge in [0.1, 0.15) is 0 Å². The van der Waals surface area contributed by atoms with Crippen molar-refractivity contribution >= 4 is 16.8 Å². The van der Waals surface area contributed by atoms with Gasteiger partial charge in [-0.1, -0.05) is 43.5 Å². The van der Waals surface area contributed by atoms with Crippen LogP contribution in [-0.4, -0.2) is 47.0 Å². The molecule has 2 aromatic heterocycles. The first-order chi connectivity index (χ1) is 14.2. The van der Waals surface area contributed by atoms with Crippen LogP contribution in [0.3, 0.4) is 0 Å². The van der Waals surface area contributed by atoms with Crippen molar-refractivity contribution in [2.75, 3.05) is 20.1 Å². The van der Waals surface area contributed by atoms with Crippen LogP contribution in [0.5, 0.6) is 0 Å². The van der Waals surface area contributed by atoms with Gasteiger partial charge in [-0.05, 0) is 44.2 Å². The fourth-order valence-corrected chi connectivity index (χ4v) is 4.15. The molecule has 1 N–H and O–H groups in total. The molecule has 1 fully saturated rings. The van der Waals surface area contributed by atoms with E-state index < -0.39 is 0 Å². The molecule has 1 aromatic carbocycles. The third-order valence-electron chi connectivity index (χ3n) is 5.84. The summed E-state index contributed by atoms with van der Waals surface area (Å²) in [6.07, 6.45) is 8.28. The molecule has 0 aliphatic heterocycles. The van der Waals surface area contributed by atoms with Gasteiger partial charge in [0, 0.05) is 30.7 Å². The lowest BCUT2D eigenvalue weighted by atomic mass is 9.94. The Morgan fingerprint density at radius 2 is 1.86 bits per heavy atom. The molecule has 5 nitrogen and oxygen atoms in total. The van der Waals surface area contributed by atoms with Gasteiger partial charge in [-0.15, -0.1) is 0 Å². The first-order valence-corrected chi connectivity index (χ1v) is 10.5. The molecule has 1 amide bonds. The van der Waals surface area contributed by atoms with Gasteiger partial charge < -0.3 is 10.2 Å². The van der Waals surface area contributed by atoms with Gasteiger partial charge in [-0.25, -0.2) is 4.98 Å². The molecular formula is C24H28N4O. The smallest absolute Gasteiger partial charge is 0.252 e. The molecule has 0 unspecified atom stereocenters. The van der Waals surface area contributed by atoms with E-state index in [1.807, 2.05) is 48.5 Å². The number of amides is 1. The second-order valence-corrected chi connectivity index (χ2v) is 7.82. The molecule has 2 heterocycles. The molecule has 0 spiro atoms. The maximum atomic E-state index is 13.0. The fourth-order valence-electron chi connectivity index (χ4n) is 4.15. The van der Waals surface area contributed by atoms with Crippen LogP contribution < -0.4 is 5.32 Å². The number of carbonyl (C=O) groups excluding carboxylic acids is 1. The lowest BCUT2D eigenvalue weighted by Gasteiger charge is -2.31. The molecular weight excluding hydrogens is 360 g/mol. The van der Waals surface area contributed by atoms with Crippen LogP contribution in [0.4, 0.5) is 0 Å². The third-order valence-corrected chi connectivity index (χ3v) is 5.84. The maximum Gasteiger partial charge on any atom is 0.252 e. The maximum absolute atomic E-state index is 13.0. The molecule has 4 rings (SSSR count). The molecule has 0 atom stereocenters. The van der Waals surface area contributed by atoms with Gasteiger partial charge in [-0.3, -0.25) is 9.78 Å². The number of hydrogen-bond acceptors (Lipinski definition) is 4. The zero-order valence-electron chi connectivity index (χ0n) is 17.0. The quantitative estimate of drug-likeness (QED) is 0.684. The van der Waals surface area contributed by atoms with Crippen molar-refractivity contribution in [3.63, 3.8) is 0 Å². The number of aromatic nitrogens is 2. The summed E-state index contributed by atoms with van der Waals surface area (Å²) < 4.78 is 0. The van der Waals surface area contributed by atoms with E-state index in [0.717, 1.165) is 23.1 Å². The highest BCUT2D eigenvalue weighted by molar-refractivity contribution is 6.07. The largest absolute Gasteiger partial charge is 0.351 e. The molecule has 0 saturated heterocycles. The average molecular weight is 389 g/mol. The van der Waals surface area contributed by atoms with Gasteiger partial charge in [-0.2, -0.15) is 0 Å². The monoisotopic (exact) mass is 388 g/mol. The van der Waals surface area contributed by atoms with Crippen molar-refractivity contribution < 1.29 is 4.79 Å². The molecule has 1 aliphatic rings.